The number of nitrogens with two attached hydrogens (primary N) is 1. The maximum atomic E-state index is 5.69. The molecule has 0 saturated carbocycles. The van der Waals surface area contributed by atoms with Crippen molar-refractivity contribution in [3.63, 3.8) is 0 Å². The van der Waals surface area contributed by atoms with Crippen molar-refractivity contribution in [1.29, 1.82) is 0 Å². The normalized spacial score (nSPS) is 10.2. The van der Waals surface area contributed by atoms with Gasteiger partial charge in [-0.05, 0) is 29.7 Å². The van der Waals surface area contributed by atoms with Crippen LogP contribution in [0.15, 0.2) is 42.6 Å². The monoisotopic (exact) mass is 228 g/mol. The second-order valence-electron chi connectivity index (χ2n) is 3.85. The van der Waals surface area contributed by atoms with Gasteiger partial charge in [0, 0.05) is 6.20 Å². The van der Waals surface area contributed by atoms with Gasteiger partial charge in [0.15, 0.2) is 11.6 Å². The Labute approximate surface area is 101 Å². The summed E-state index contributed by atoms with van der Waals surface area (Å²) >= 11 is 0. The van der Waals surface area contributed by atoms with E-state index < -0.39 is 0 Å². The van der Waals surface area contributed by atoms with E-state index in [9.17, 15) is 0 Å². The maximum Gasteiger partial charge on any atom is 0.166 e. The van der Waals surface area contributed by atoms with Crippen molar-refractivity contribution >= 4 is 5.82 Å². The number of aromatic nitrogens is 1. The fourth-order valence-corrected chi connectivity index (χ4v) is 1.56. The Bertz CT molecular complexity index is 480. The number of aryl methyl sites for hydroxylation is 1. The Hall–Kier alpha value is -2.03. The zero-order chi connectivity index (χ0) is 12.1. The van der Waals surface area contributed by atoms with E-state index >= 15 is 0 Å². The van der Waals surface area contributed by atoms with Crippen LogP contribution in [0, 0.1) is 0 Å². The molecular weight excluding hydrogens is 212 g/mol. The summed E-state index contributed by atoms with van der Waals surface area (Å²) in [4.78, 5) is 3.97. The Balaban J connectivity index is 2.00. The van der Waals surface area contributed by atoms with Crippen molar-refractivity contribution < 1.29 is 4.74 Å². The molecule has 0 atom stereocenters. The molecule has 2 aromatic rings. The number of nitrogen functional groups attached to an aromatic ring is 1. The molecule has 0 amide bonds. The van der Waals surface area contributed by atoms with Gasteiger partial charge >= 0.3 is 0 Å². The van der Waals surface area contributed by atoms with Crippen LogP contribution in [0.5, 0.6) is 5.75 Å². The summed E-state index contributed by atoms with van der Waals surface area (Å²) in [5.74, 6) is 1.06. The fraction of sp³-hybridized carbons (Fsp3) is 0.214. The first-order valence-corrected chi connectivity index (χ1v) is 5.70. The first-order valence-electron chi connectivity index (χ1n) is 5.70. The minimum atomic E-state index is 0.428. The third kappa shape index (κ3) is 2.97. The molecule has 3 heteroatoms. The number of pyridine rings is 1. The van der Waals surface area contributed by atoms with Crippen molar-refractivity contribution in [1.82, 2.24) is 4.98 Å². The molecule has 1 aromatic heterocycles. The first-order chi connectivity index (χ1) is 8.29. The highest BCUT2D eigenvalue weighted by molar-refractivity contribution is 5.44. The summed E-state index contributed by atoms with van der Waals surface area (Å²) in [6.45, 7) is 2.65. The lowest BCUT2D eigenvalue weighted by Crippen LogP contribution is -2.00. The van der Waals surface area contributed by atoms with Crippen molar-refractivity contribution in [2.24, 2.45) is 0 Å². The number of hydrogen-bond acceptors (Lipinski definition) is 3. The molecule has 0 aliphatic carbocycles. The summed E-state index contributed by atoms with van der Waals surface area (Å²) < 4.78 is 5.61. The Morgan fingerprint density at radius 2 is 1.82 bits per heavy atom. The van der Waals surface area contributed by atoms with E-state index in [0.29, 0.717) is 18.2 Å². The average molecular weight is 228 g/mol. The van der Waals surface area contributed by atoms with E-state index in [1.807, 2.05) is 12.1 Å². The third-order valence-corrected chi connectivity index (χ3v) is 2.63. The zero-order valence-electron chi connectivity index (χ0n) is 9.89. The molecule has 0 aliphatic heterocycles. The quantitative estimate of drug-likeness (QED) is 0.875. The molecule has 0 aliphatic rings. The number of anilines is 1. The topological polar surface area (TPSA) is 48.1 Å². The first kappa shape index (κ1) is 11.5. The van der Waals surface area contributed by atoms with Gasteiger partial charge in [-0.15, -0.1) is 0 Å². The Morgan fingerprint density at radius 3 is 2.47 bits per heavy atom. The fourth-order valence-electron chi connectivity index (χ4n) is 1.56. The highest BCUT2D eigenvalue weighted by Gasteiger charge is 2.00. The SMILES string of the molecule is CCc1ccc(COc2cccnc2N)cc1. The molecule has 1 aromatic carbocycles. The van der Waals surface area contributed by atoms with Crippen LogP contribution in [0.4, 0.5) is 5.82 Å². The summed E-state index contributed by atoms with van der Waals surface area (Å²) in [5.41, 5.74) is 8.15. The van der Waals surface area contributed by atoms with Crippen LogP contribution in [0.25, 0.3) is 0 Å². The van der Waals surface area contributed by atoms with Crippen LogP contribution in [0.3, 0.4) is 0 Å². The molecule has 0 spiro atoms. The second-order valence-corrected chi connectivity index (χ2v) is 3.85. The molecular formula is C14H16N2O. The Morgan fingerprint density at radius 1 is 1.12 bits per heavy atom. The summed E-state index contributed by atoms with van der Waals surface area (Å²) in [7, 11) is 0. The molecule has 0 bridgehead atoms. The van der Waals surface area contributed by atoms with Crippen molar-refractivity contribution in [2.45, 2.75) is 20.0 Å². The maximum absolute atomic E-state index is 5.69. The summed E-state index contributed by atoms with van der Waals surface area (Å²) in [6.07, 6.45) is 2.70. The van der Waals surface area contributed by atoms with E-state index in [4.69, 9.17) is 10.5 Å². The predicted molar refractivity (Wildman–Crippen MR) is 68.8 cm³/mol. The predicted octanol–water partition coefficient (Wildman–Crippen LogP) is 2.81. The van der Waals surface area contributed by atoms with Gasteiger partial charge in [-0.25, -0.2) is 4.98 Å². The molecule has 0 fully saturated rings. The molecule has 17 heavy (non-hydrogen) atoms. The van der Waals surface area contributed by atoms with Crippen molar-refractivity contribution in [2.75, 3.05) is 5.73 Å². The van der Waals surface area contributed by atoms with Gasteiger partial charge in [0.1, 0.15) is 6.61 Å². The highest BCUT2D eigenvalue weighted by Crippen LogP contribution is 2.18. The average Bonchev–Trinajstić information content (AvgIpc) is 2.38. The summed E-state index contributed by atoms with van der Waals surface area (Å²) in [5, 5.41) is 0. The van der Waals surface area contributed by atoms with Gasteiger partial charge < -0.3 is 10.5 Å². The van der Waals surface area contributed by atoms with Gasteiger partial charge in [-0.3, -0.25) is 0 Å². The van der Waals surface area contributed by atoms with E-state index in [2.05, 4.69) is 36.2 Å². The van der Waals surface area contributed by atoms with Gasteiger partial charge in [0.25, 0.3) is 0 Å². The second kappa shape index (κ2) is 5.34. The lowest BCUT2D eigenvalue weighted by molar-refractivity contribution is 0.307. The van der Waals surface area contributed by atoms with Crippen LogP contribution in [0.1, 0.15) is 18.1 Å². The van der Waals surface area contributed by atoms with Gasteiger partial charge in [-0.1, -0.05) is 31.2 Å². The lowest BCUT2D eigenvalue weighted by atomic mass is 10.1. The molecule has 2 rings (SSSR count). The van der Waals surface area contributed by atoms with Crippen molar-refractivity contribution in [3.05, 3.63) is 53.7 Å². The van der Waals surface area contributed by atoms with Gasteiger partial charge in [-0.2, -0.15) is 0 Å². The van der Waals surface area contributed by atoms with Gasteiger partial charge in [0.05, 0.1) is 0 Å². The minimum Gasteiger partial charge on any atom is -0.485 e. The van der Waals surface area contributed by atoms with Crippen LogP contribution in [0.2, 0.25) is 0 Å². The van der Waals surface area contributed by atoms with E-state index in [0.717, 1.165) is 12.0 Å². The van der Waals surface area contributed by atoms with Gasteiger partial charge in [0.2, 0.25) is 0 Å². The lowest BCUT2D eigenvalue weighted by Gasteiger charge is -2.08. The molecule has 0 radical (unpaired) electrons. The standard InChI is InChI=1S/C14H16N2O/c1-2-11-5-7-12(8-6-11)10-17-13-4-3-9-16-14(13)15/h3-9H,2,10H2,1H3,(H2,15,16). The number of benzene rings is 1. The van der Waals surface area contributed by atoms with Crippen LogP contribution >= 0.6 is 0 Å². The smallest absolute Gasteiger partial charge is 0.166 e. The third-order valence-electron chi connectivity index (χ3n) is 2.63. The Kier molecular flexibility index (Phi) is 3.60. The van der Waals surface area contributed by atoms with E-state index in [-0.39, 0.29) is 0 Å². The molecule has 0 saturated heterocycles. The molecule has 2 N–H and O–H groups in total. The van der Waals surface area contributed by atoms with Crippen molar-refractivity contribution in [3.8, 4) is 5.75 Å². The van der Waals surface area contributed by atoms with Crippen LogP contribution < -0.4 is 10.5 Å². The van der Waals surface area contributed by atoms with Crippen LogP contribution in [-0.4, -0.2) is 4.98 Å². The number of hydrogen-bond donors (Lipinski definition) is 1. The molecule has 1 heterocycles. The van der Waals surface area contributed by atoms with E-state index in [1.165, 1.54) is 5.56 Å². The number of ether oxygens (including phenoxy) is 1. The zero-order valence-corrected chi connectivity index (χ0v) is 9.89. The number of nitrogens with zero attached hydrogens (tertiary/aromatic N) is 1. The van der Waals surface area contributed by atoms with E-state index in [1.54, 1.807) is 6.20 Å². The highest BCUT2D eigenvalue weighted by atomic mass is 16.5. The van der Waals surface area contributed by atoms with Crippen LogP contribution in [-0.2, 0) is 13.0 Å². The molecule has 0 unspecified atom stereocenters. The largest absolute Gasteiger partial charge is 0.485 e. The molecule has 3 nitrogen and oxygen atoms in total. The number of rotatable bonds is 4. The minimum absolute atomic E-state index is 0.428. The summed E-state index contributed by atoms with van der Waals surface area (Å²) in [6, 6.07) is 12.0. The molecule has 88 valence electrons.